The zero-order chi connectivity index (χ0) is 9.80. The van der Waals surface area contributed by atoms with Crippen LogP contribution in [-0.2, 0) is 0 Å². The SMILES string of the molecule is Br.Br.CCNc1nc(-c2ccncc2)cs1. The van der Waals surface area contributed by atoms with Gasteiger partial charge in [0.15, 0.2) is 5.13 Å². The second-order valence-electron chi connectivity index (χ2n) is 2.80. The summed E-state index contributed by atoms with van der Waals surface area (Å²) in [5.74, 6) is 0. The first-order valence-electron chi connectivity index (χ1n) is 4.50. The van der Waals surface area contributed by atoms with Gasteiger partial charge in [-0.2, -0.15) is 0 Å². The first kappa shape index (κ1) is 15.5. The molecule has 0 aliphatic carbocycles. The highest BCUT2D eigenvalue weighted by atomic mass is 79.9. The summed E-state index contributed by atoms with van der Waals surface area (Å²) in [6, 6.07) is 3.93. The maximum absolute atomic E-state index is 4.45. The number of thiazole rings is 1. The van der Waals surface area contributed by atoms with Crippen molar-refractivity contribution in [2.45, 2.75) is 6.92 Å². The van der Waals surface area contributed by atoms with E-state index in [0.29, 0.717) is 0 Å². The fourth-order valence-electron chi connectivity index (χ4n) is 1.16. The van der Waals surface area contributed by atoms with Gasteiger partial charge in [-0.3, -0.25) is 4.98 Å². The van der Waals surface area contributed by atoms with Crippen LogP contribution in [0.5, 0.6) is 0 Å². The standard InChI is InChI=1S/C10H11N3S.2BrH/c1-2-12-10-13-9(7-14-10)8-3-5-11-6-4-8;;/h3-7H,2H2,1H3,(H,12,13);2*1H. The number of hydrogen-bond donors (Lipinski definition) is 1. The van der Waals surface area contributed by atoms with Crippen molar-refractivity contribution in [3.63, 3.8) is 0 Å². The van der Waals surface area contributed by atoms with Gasteiger partial charge in [-0.15, -0.1) is 45.3 Å². The average molecular weight is 367 g/mol. The third kappa shape index (κ3) is 3.84. The largest absolute Gasteiger partial charge is 0.362 e. The number of anilines is 1. The van der Waals surface area contributed by atoms with E-state index >= 15 is 0 Å². The lowest BCUT2D eigenvalue weighted by molar-refractivity contribution is 1.19. The molecule has 0 spiro atoms. The minimum atomic E-state index is 0. The Bertz CT molecular complexity index is 405. The molecule has 0 aromatic carbocycles. The Balaban J connectivity index is 0.00000112. The summed E-state index contributed by atoms with van der Waals surface area (Å²) >= 11 is 1.63. The van der Waals surface area contributed by atoms with Crippen LogP contribution in [0.2, 0.25) is 0 Å². The molecule has 0 saturated heterocycles. The molecule has 0 aliphatic rings. The summed E-state index contributed by atoms with van der Waals surface area (Å²) < 4.78 is 0. The van der Waals surface area contributed by atoms with E-state index in [-0.39, 0.29) is 34.0 Å². The van der Waals surface area contributed by atoms with Crippen LogP contribution >= 0.6 is 45.3 Å². The molecule has 0 atom stereocenters. The summed E-state index contributed by atoms with van der Waals surface area (Å²) in [4.78, 5) is 8.42. The molecule has 2 aromatic rings. The van der Waals surface area contributed by atoms with Crippen LogP contribution < -0.4 is 5.32 Å². The third-order valence-electron chi connectivity index (χ3n) is 1.81. The molecule has 88 valence electrons. The molecule has 3 nitrogen and oxygen atoms in total. The Hall–Kier alpha value is -0.460. The van der Waals surface area contributed by atoms with Gasteiger partial charge in [0.1, 0.15) is 0 Å². The van der Waals surface area contributed by atoms with Gasteiger partial charge in [0.05, 0.1) is 5.69 Å². The van der Waals surface area contributed by atoms with E-state index in [4.69, 9.17) is 0 Å². The number of halogens is 2. The van der Waals surface area contributed by atoms with Crippen molar-refractivity contribution >= 4 is 50.4 Å². The predicted molar refractivity (Wildman–Crippen MR) is 80.2 cm³/mol. The van der Waals surface area contributed by atoms with E-state index in [1.54, 1.807) is 23.7 Å². The van der Waals surface area contributed by atoms with E-state index in [1.165, 1.54) is 0 Å². The maximum atomic E-state index is 4.45. The quantitative estimate of drug-likeness (QED) is 0.897. The summed E-state index contributed by atoms with van der Waals surface area (Å²) in [5.41, 5.74) is 2.12. The predicted octanol–water partition coefficient (Wildman–Crippen LogP) is 3.79. The van der Waals surface area contributed by atoms with Gasteiger partial charge in [-0.05, 0) is 19.1 Å². The van der Waals surface area contributed by atoms with E-state index < -0.39 is 0 Å². The van der Waals surface area contributed by atoms with Crippen molar-refractivity contribution in [3.8, 4) is 11.3 Å². The van der Waals surface area contributed by atoms with Crippen LogP contribution in [0.3, 0.4) is 0 Å². The van der Waals surface area contributed by atoms with Crippen molar-refractivity contribution in [1.82, 2.24) is 9.97 Å². The normalized spacial score (nSPS) is 8.81. The van der Waals surface area contributed by atoms with Crippen LogP contribution in [0.4, 0.5) is 5.13 Å². The fraction of sp³-hybridized carbons (Fsp3) is 0.200. The third-order valence-corrected chi connectivity index (χ3v) is 2.61. The lowest BCUT2D eigenvalue weighted by Gasteiger charge is -1.95. The molecule has 2 aromatic heterocycles. The van der Waals surface area contributed by atoms with Crippen molar-refractivity contribution in [2.24, 2.45) is 0 Å². The van der Waals surface area contributed by atoms with Crippen LogP contribution in [0.25, 0.3) is 11.3 Å². The van der Waals surface area contributed by atoms with Gasteiger partial charge in [0.2, 0.25) is 0 Å². The molecule has 2 rings (SSSR count). The van der Waals surface area contributed by atoms with Crippen LogP contribution in [0, 0.1) is 0 Å². The Morgan fingerprint density at radius 2 is 1.94 bits per heavy atom. The van der Waals surface area contributed by atoms with Gasteiger partial charge >= 0.3 is 0 Å². The number of nitrogens with zero attached hydrogens (tertiary/aromatic N) is 2. The number of pyridine rings is 1. The fourth-order valence-corrected chi connectivity index (χ4v) is 1.95. The second kappa shape index (κ2) is 7.76. The lowest BCUT2D eigenvalue weighted by Crippen LogP contribution is -1.94. The van der Waals surface area contributed by atoms with Gasteiger partial charge in [0, 0.05) is 29.9 Å². The number of rotatable bonds is 3. The zero-order valence-electron chi connectivity index (χ0n) is 8.71. The number of nitrogens with one attached hydrogen (secondary N) is 1. The highest BCUT2D eigenvalue weighted by Gasteiger charge is 2.02. The molecule has 0 unspecified atom stereocenters. The highest BCUT2D eigenvalue weighted by molar-refractivity contribution is 8.93. The molecule has 16 heavy (non-hydrogen) atoms. The Morgan fingerprint density at radius 3 is 2.56 bits per heavy atom. The molecule has 0 bridgehead atoms. The van der Waals surface area contributed by atoms with Crippen LogP contribution in [-0.4, -0.2) is 16.5 Å². The molecule has 0 amide bonds. The van der Waals surface area contributed by atoms with E-state index in [0.717, 1.165) is 22.9 Å². The summed E-state index contributed by atoms with van der Waals surface area (Å²) in [5, 5.41) is 6.21. The minimum Gasteiger partial charge on any atom is -0.362 e. The molecule has 6 heteroatoms. The topological polar surface area (TPSA) is 37.8 Å². The molecular formula is C10H13Br2N3S. The Morgan fingerprint density at radius 1 is 1.25 bits per heavy atom. The number of hydrogen-bond acceptors (Lipinski definition) is 4. The molecule has 0 fully saturated rings. The number of aromatic nitrogens is 2. The van der Waals surface area contributed by atoms with Gasteiger partial charge in [-0.25, -0.2) is 4.98 Å². The first-order chi connectivity index (χ1) is 6.90. The van der Waals surface area contributed by atoms with Gasteiger partial charge in [-0.1, -0.05) is 0 Å². The highest BCUT2D eigenvalue weighted by Crippen LogP contribution is 2.23. The average Bonchev–Trinajstić information content (AvgIpc) is 2.68. The van der Waals surface area contributed by atoms with E-state index in [9.17, 15) is 0 Å². The Kier molecular flexibility index (Phi) is 7.53. The molecule has 0 radical (unpaired) electrons. The summed E-state index contributed by atoms with van der Waals surface area (Å²) in [6.07, 6.45) is 3.56. The van der Waals surface area contributed by atoms with Crippen molar-refractivity contribution in [3.05, 3.63) is 29.9 Å². The lowest BCUT2D eigenvalue weighted by atomic mass is 10.2. The molecule has 1 N–H and O–H groups in total. The Labute approximate surface area is 120 Å². The van der Waals surface area contributed by atoms with Crippen LogP contribution in [0.15, 0.2) is 29.9 Å². The molecule has 2 heterocycles. The van der Waals surface area contributed by atoms with E-state index in [1.807, 2.05) is 17.5 Å². The first-order valence-corrected chi connectivity index (χ1v) is 5.38. The maximum Gasteiger partial charge on any atom is 0.183 e. The summed E-state index contributed by atoms with van der Waals surface area (Å²) in [6.45, 7) is 2.97. The zero-order valence-corrected chi connectivity index (χ0v) is 13.0. The molecule has 0 aliphatic heterocycles. The molecule has 0 saturated carbocycles. The van der Waals surface area contributed by atoms with Crippen molar-refractivity contribution in [1.29, 1.82) is 0 Å². The van der Waals surface area contributed by atoms with E-state index in [2.05, 4.69) is 22.2 Å². The van der Waals surface area contributed by atoms with Gasteiger partial charge in [0.25, 0.3) is 0 Å². The van der Waals surface area contributed by atoms with Gasteiger partial charge < -0.3 is 5.32 Å². The summed E-state index contributed by atoms with van der Waals surface area (Å²) in [7, 11) is 0. The van der Waals surface area contributed by atoms with Crippen molar-refractivity contribution in [2.75, 3.05) is 11.9 Å². The van der Waals surface area contributed by atoms with Crippen LogP contribution in [0.1, 0.15) is 6.92 Å². The van der Waals surface area contributed by atoms with Crippen molar-refractivity contribution < 1.29 is 0 Å². The monoisotopic (exact) mass is 365 g/mol. The second-order valence-corrected chi connectivity index (χ2v) is 3.66. The molecular weight excluding hydrogens is 354 g/mol. The minimum absolute atomic E-state index is 0. The smallest absolute Gasteiger partial charge is 0.183 e.